The first-order chi connectivity index (χ1) is 17.1. The molecular formula is C27H29N5O3. The molecule has 8 heteroatoms. The fourth-order valence-electron chi connectivity index (χ4n) is 4.83. The van der Waals surface area contributed by atoms with E-state index in [1.165, 1.54) is 0 Å². The largest absolute Gasteiger partial charge is 0.379 e. The van der Waals surface area contributed by atoms with Crippen LogP contribution in [0.5, 0.6) is 0 Å². The maximum Gasteiger partial charge on any atom is 0.322 e. The van der Waals surface area contributed by atoms with Crippen molar-refractivity contribution in [3.63, 3.8) is 0 Å². The molecule has 1 atom stereocenters. The number of nitrogens with one attached hydrogen (secondary N) is 2. The number of ketones is 1. The number of urea groups is 1. The Morgan fingerprint density at radius 1 is 1.09 bits per heavy atom. The van der Waals surface area contributed by atoms with Crippen LogP contribution in [0.3, 0.4) is 0 Å². The number of carbonyl (C=O) groups is 2. The maximum atomic E-state index is 12.8. The molecule has 1 unspecified atom stereocenters. The maximum absolute atomic E-state index is 12.8. The first-order valence-electron chi connectivity index (χ1n) is 12.0. The van der Waals surface area contributed by atoms with Gasteiger partial charge in [-0.1, -0.05) is 24.3 Å². The number of rotatable bonds is 5. The molecule has 35 heavy (non-hydrogen) atoms. The summed E-state index contributed by atoms with van der Waals surface area (Å²) in [5, 5.41) is 15.4. The second-order valence-electron chi connectivity index (χ2n) is 9.21. The molecule has 0 bridgehead atoms. The van der Waals surface area contributed by atoms with Gasteiger partial charge in [0.1, 0.15) is 0 Å². The van der Waals surface area contributed by atoms with Gasteiger partial charge in [-0.3, -0.25) is 9.69 Å². The topological polar surface area (TPSA) is 97.7 Å². The van der Waals surface area contributed by atoms with Gasteiger partial charge in [-0.15, -0.1) is 0 Å². The monoisotopic (exact) mass is 471 g/mol. The molecule has 8 nitrogen and oxygen atoms in total. The highest BCUT2D eigenvalue weighted by Crippen LogP contribution is 2.26. The molecular weight excluding hydrogens is 442 g/mol. The normalized spacial score (nSPS) is 20.0. The predicted octanol–water partition coefficient (Wildman–Crippen LogP) is 2.75. The summed E-state index contributed by atoms with van der Waals surface area (Å²) in [6.07, 6.45) is 2.79. The third-order valence-corrected chi connectivity index (χ3v) is 6.86. The van der Waals surface area contributed by atoms with Crippen molar-refractivity contribution in [3.8, 4) is 6.07 Å². The van der Waals surface area contributed by atoms with E-state index in [2.05, 4.69) is 27.7 Å². The van der Waals surface area contributed by atoms with Gasteiger partial charge in [-0.25, -0.2) is 4.79 Å². The number of amides is 2. The summed E-state index contributed by atoms with van der Waals surface area (Å²) in [5.74, 6) is 0.217. The zero-order valence-electron chi connectivity index (χ0n) is 19.6. The van der Waals surface area contributed by atoms with E-state index in [9.17, 15) is 9.59 Å². The molecule has 0 aromatic heterocycles. The number of fused-ring (bicyclic) bond motifs is 1. The van der Waals surface area contributed by atoms with E-state index in [1.807, 2.05) is 36.4 Å². The van der Waals surface area contributed by atoms with Crippen LogP contribution in [0.1, 0.15) is 28.7 Å². The summed E-state index contributed by atoms with van der Waals surface area (Å²) in [7, 11) is 0. The van der Waals surface area contributed by atoms with Crippen LogP contribution in [0, 0.1) is 11.3 Å². The third-order valence-electron chi connectivity index (χ3n) is 6.86. The molecule has 2 N–H and O–H groups in total. The third kappa shape index (κ3) is 5.43. The summed E-state index contributed by atoms with van der Waals surface area (Å²) in [6.45, 7) is 5.13. The second-order valence-corrected chi connectivity index (χ2v) is 9.21. The first kappa shape index (κ1) is 23.2. The van der Waals surface area contributed by atoms with E-state index >= 15 is 0 Å². The van der Waals surface area contributed by atoms with Gasteiger partial charge in [0.25, 0.3) is 0 Å². The molecule has 2 amide bonds. The van der Waals surface area contributed by atoms with E-state index in [0.29, 0.717) is 51.4 Å². The Balaban J connectivity index is 1.16. The molecule has 0 spiro atoms. The summed E-state index contributed by atoms with van der Waals surface area (Å²) in [6, 6.07) is 15.1. The summed E-state index contributed by atoms with van der Waals surface area (Å²) in [5.41, 5.74) is 5.63. The quantitative estimate of drug-likeness (QED) is 0.696. The SMILES string of the molecule is N#Cc1ccc2c(c1)CN(C(=O)Nc1ccc(C3=CCNC(C(=O)CN4CCOCC4)C3)cc1)C2. The summed E-state index contributed by atoms with van der Waals surface area (Å²) >= 11 is 0. The molecule has 1 saturated heterocycles. The Bertz CT molecular complexity index is 1180. The van der Waals surface area contributed by atoms with Gasteiger partial charge in [0.2, 0.25) is 0 Å². The van der Waals surface area contributed by atoms with Crippen LogP contribution in [0.4, 0.5) is 10.5 Å². The van der Waals surface area contributed by atoms with Gasteiger partial charge in [0.05, 0.1) is 37.4 Å². The average molecular weight is 472 g/mol. The number of nitrogens with zero attached hydrogens (tertiary/aromatic N) is 3. The number of anilines is 1. The highest BCUT2D eigenvalue weighted by molar-refractivity contribution is 5.91. The Morgan fingerprint density at radius 3 is 2.63 bits per heavy atom. The molecule has 3 heterocycles. The lowest BCUT2D eigenvalue weighted by molar-refractivity contribution is -0.123. The number of morpholine rings is 1. The van der Waals surface area contributed by atoms with Crippen LogP contribution < -0.4 is 10.6 Å². The van der Waals surface area contributed by atoms with Crippen LogP contribution in [0.2, 0.25) is 0 Å². The smallest absolute Gasteiger partial charge is 0.322 e. The number of nitriles is 1. The van der Waals surface area contributed by atoms with Crippen LogP contribution in [-0.4, -0.2) is 67.0 Å². The number of hydrogen-bond donors (Lipinski definition) is 2. The first-order valence-corrected chi connectivity index (χ1v) is 12.0. The number of benzene rings is 2. The van der Waals surface area contributed by atoms with E-state index in [0.717, 1.165) is 41.0 Å². The van der Waals surface area contributed by atoms with Crippen LogP contribution in [-0.2, 0) is 22.6 Å². The summed E-state index contributed by atoms with van der Waals surface area (Å²) < 4.78 is 5.37. The van der Waals surface area contributed by atoms with Crippen LogP contribution in [0.25, 0.3) is 5.57 Å². The lowest BCUT2D eigenvalue weighted by Gasteiger charge is -2.29. The minimum absolute atomic E-state index is 0.165. The van der Waals surface area contributed by atoms with Gasteiger partial charge in [0, 0.05) is 38.4 Å². The Labute approximate surface area is 205 Å². The number of ether oxygens (including phenoxy) is 1. The zero-order valence-corrected chi connectivity index (χ0v) is 19.6. The van der Waals surface area contributed by atoms with E-state index in [4.69, 9.17) is 10.00 Å². The standard InChI is InChI=1S/C27H29N5O3/c28-15-19-1-2-22-16-32(17-23(22)13-19)27(34)30-24-5-3-20(4-6-24)21-7-8-29-25(14-21)26(33)18-31-9-11-35-12-10-31/h1-7,13,25,29H,8-12,14,16-18H2,(H,30,34). The fourth-order valence-corrected chi connectivity index (χ4v) is 4.83. The van der Waals surface area contributed by atoms with Crippen molar-refractivity contribution < 1.29 is 14.3 Å². The van der Waals surface area contributed by atoms with E-state index < -0.39 is 0 Å². The van der Waals surface area contributed by atoms with Crippen molar-refractivity contribution in [2.45, 2.75) is 25.6 Å². The molecule has 5 rings (SSSR count). The lowest BCUT2D eigenvalue weighted by Crippen LogP contribution is -2.47. The molecule has 2 aromatic rings. The molecule has 180 valence electrons. The number of carbonyl (C=O) groups excluding carboxylic acids is 2. The molecule has 3 aliphatic heterocycles. The van der Waals surface area contributed by atoms with Crippen molar-refractivity contribution in [1.29, 1.82) is 5.26 Å². The van der Waals surface area contributed by atoms with E-state index in [-0.39, 0.29) is 17.9 Å². The van der Waals surface area contributed by atoms with Crippen molar-refractivity contribution in [2.24, 2.45) is 0 Å². The van der Waals surface area contributed by atoms with Crippen LogP contribution >= 0.6 is 0 Å². The molecule has 2 aromatic carbocycles. The summed E-state index contributed by atoms with van der Waals surface area (Å²) in [4.78, 5) is 29.5. The molecule has 1 fully saturated rings. The Morgan fingerprint density at radius 2 is 1.86 bits per heavy atom. The molecule has 0 saturated carbocycles. The Kier molecular flexibility index (Phi) is 6.91. The zero-order chi connectivity index (χ0) is 24.2. The average Bonchev–Trinajstić information content (AvgIpc) is 3.33. The minimum atomic E-state index is -0.185. The second kappa shape index (κ2) is 10.4. The number of hydrogen-bond acceptors (Lipinski definition) is 6. The van der Waals surface area contributed by atoms with Gasteiger partial charge in [0.15, 0.2) is 5.78 Å². The fraction of sp³-hybridized carbons (Fsp3) is 0.370. The molecule has 3 aliphatic rings. The van der Waals surface area contributed by atoms with Crippen molar-refractivity contribution in [3.05, 3.63) is 70.8 Å². The van der Waals surface area contributed by atoms with Gasteiger partial charge in [-0.05, 0) is 52.9 Å². The van der Waals surface area contributed by atoms with Crippen molar-refractivity contribution >= 4 is 23.1 Å². The van der Waals surface area contributed by atoms with Crippen molar-refractivity contribution in [2.75, 3.05) is 44.7 Å². The van der Waals surface area contributed by atoms with Crippen LogP contribution in [0.15, 0.2) is 48.5 Å². The van der Waals surface area contributed by atoms with Gasteiger partial charge >= 0.3 is 6.03 Å². The highest BCUT2D eigenvalue weighted by Gasteiger charge is 2.26. The van der Waals surface area contributed by atoms with Gasteiger partial charge < -0.3 is 20.3 Å². The van der Waals surface area contributed by atoms with Gasteiger partial charge in [-0.2, -0.15) is 5.26 Å². The van der Waals surface area contributed by atoms with E-state index in [1.54, 1.807) is 11.0 Å². The molecule has 0 radical (unpaired) electrons. The Hall–Kier alpha value is -3.51. The lowest BCUT2D eigenvalue weighted by atomic mass is 9.93. The molecule has 0 aliphatic carbocycles. The van der Waals surface area contributed by atoms with Crippen molar-refractivity contribution in [1.82, 2.24) is 15.1 Å². The predicted molar refractivity (Wildman–Crippen MR) is 133 cm³/mol. The minimum Gasteiger partial charge on any atom is -0.379 e. The number of Topliss-reactive ketones (excluding diaryl/α,β-unsaturated/α-hetero) is 1. The highest BCUT2D eigenvalue weighted by atomic mass is 16.5.